The van der Waals surface area contributed by atoms with Gasteiger partial charge in [0.25, 0.3) is 0 Å². The number of anilines is 1. The number of fused-ring (bicyclic) bond motifs is 1. The summed E-state index contributed by atoms with van der Waals surface area (Å²) in [5.74, 6) is -0.000858. The predicted octanol–water partition coefficient (Wildman–Crippen LogP) is 4.00. The molecule has 23 heavy (non-hydrogen) atoms. The molecule has 0 amide bonds. The number of aromatic nitrogens is 1. The minimum Gasteiger partial charge on any atom is -0.462 e. The normalized spacial score (nSPS) is 22.6. The Morgan fingerprint density at radius 2 is 2.00 bits per heavy atom. The van der Waals surface area contributed by atoms with Gasteiger partial charge in [-0.15, -0.1) is 0 Å². The van der Waals surface area contributed by atoms with E-state index < -0.39 is 0 Å². The van der Waals surface area contributed by atoms with E-state index in [4.69, 9.17) is 9.72 Å². The molecule has 0 N–H and O–H groups in total. The summed E-state index contributed by atoms with van der Waals surface area (Å²) < 4.78 is 6.92. The van der Waals surface area contributed by atoms with Crippen LogP contribution in [0.25, 0.3) is 10.2 Å². The van der Waals surface area contributed by atoms with Gasteiger partial charge in [0.2, 0.25) is 0 Å². The van der Waals surface area contributed by atoms with Crippen LogP contribution in [0, 0.1) is 5.92 Å². The van der Waals surface area contributed by atoms with Crippen molar-refractivity contribution in [1.82, 2.24) is 4.98 Å². The van der Waals surface area contributed by atoms with Crippen LogP contribution in [0.5, 0.6) is 0 Å². The van der Waals surface area contributed by atoms with Gasteiger partial charge in [0.15, 0.2) is 5.13 Å². The van der Waals surface area contributed by atoms with E-state index in [1.54, 1.807) is 11.3 Å². The maximum absolute atomic E-state index is 12.4. The molecular formula is C18H22N2O2S. The second-order valence-electron chi connectivity index (χ2n) is 6.59. The number of benzene rings is 1. The molecule has 2 fully saturated rings. The molecule has 2 heterocycles. The Hall–Kier alpha value is -1.62. The van der Waals surface area contributed by atoms with E-state index in [0.29, 0.717) is 0 Å². The van der Waals surface area contributed by atoms with Gasteiger partial charge in [-0.25, -0.2) is 4.98 Å². The summed E-state index contributed by atoms with van der Waals surface area (Å²) in [6, 6.07) is 8.21. The van der Waals surface area contributed by atoms with Crippen molar-refractivity contribution in [2.24, 2.45) is 5.92 Å². The molecule has 1 aliphatic heterocycles. The zero-order chi connectivity index (χ0) is 15.6. The maximum Gasteiger partial charge on any atom is 0.311 e. The summed E-state index contributed by atoms with van der Waals surface area (Å²) in [4.78, 5) is 19.4. The molecule has 0 radical (unpaired) electrons. The lowest BCUT2D eigenvalue weighted by molar-refractivity contribution is -0.154. The Morgan fingerprint density at radius 3 is 2.83 bits per heavy atom. The lowest BCUT2D eigenvalue weighted by atomic mass is 9.98. The van der Waals surface area contributed by atoms with Crippen LogP contribution in [0.3, 0.4) is 0 Å². The predicted molar refractivity (Wildman–Crippen MR) is 92.9 cm³/mol. The van der Waals surface area contributed by atoms with Gasteiger partial charge in [0, 0.05) is 13.1 Å². The van der Waals surface area contributed by atoms with E-state index in [-0.39, 0.29) is 18.0 Å². The second-order valence-corrected chi connectivity index (χ2v) is 7.60. The maximum atomic E-state index is 12.4. The third-order valence-corrected chi connectivity index (χ3v) is 5.99. The molecule has 4 nitrogen and oxygen atoms in total. The molecule has 0 spiro atoms. The standard InChI is InChI=1S/C18H22N2O2S/c21-17(22-14-7-1-2-8-14)13-6-5-11-20(12-13)18-19-15-9-3-4-10-16(15)23-18/h3-4,9-10,13-14H,1-2,5-8,11-12H2/t13-/m1/s1. The first-order chi connectivity index (χ1) is 11.3. The molecule has 1 aliphatic carbocycles. The molecule has 2 aromatic rings. The monoisotopic (exact) mass is 330 g/mol. The zero-order valence-corrected chi connectivity index (χ0v) is 14.1. The van der Waals surface area contributed by atoms with E-state index >= 15 is 0 Å². The summed E-state index contributed by atoms with van der Waals surface area (Å²) >= 11 is 1.71. The van der Waals surface area contributed by atoms with Crippen LogP contribution >= 0.6 is 11.3 Å². The Labute approximate surface area is 140 Å². The molecule has 4 rings (SSSR count). The zero-order valence-electron chi connectivity index (χ0n) is 13.2. The van der Waals surface area contributed by atoms with Gasteiger partial charge >= 0.3 is 5.97 Å². The first-order valence-corrected chi connectivity index (χ1v) is 9.42. The molecule has 1 aromatic heterocycles. The first kappa shape index (κ1) is 14.9. The Bertz CT molecular complexity index is 660. The number of hydrogen-bond acceptors (Lipinski definition) is 5. The van der Waals surface area contributed by atoms with E-state index in [2.05, 4.69) is 11.0 Å². The SMILES string of the molecule is O=C(OC1CCCC1)[C@@H]1CCCN(c2nc3ccccc3s2)C1. The molecule has 1 saturated carbocycles. The molecule has 1 saturated heterocycles. The van der Waals surface area contributed by atoms with Gasteiger partial charge in [0.1, 0.15) is 6.10 Å². The van der Waals surface area contributed by atoms with Crippen molar-refractivity contribution in [3.63, 3.8) is 0 Å². The molecule has 0 unspecified atom stereocenters. The van der Waals surface area contributed by atoms with Crippen LogP contribution in [0.4, 0.5) is 5.13 Å². The molecule has 1 aromatic carbocycles. The number of ether oxygens (including phenoxy) is 1. The van der Waals surface area contributed by atoms with E-state index in [9.17, 15) is 4.79 Å². The number of carbonyl (C=O) groups is 1. The van der Waals surface area contributed by atoms with Crippen molar-refractivity contribution in [2.45, 2.75) is 44.6 Å². The van der Waals surface area contributed by atoms with Crippen LogP contribution in [-0.2, 0) is 9.53 Å². The fourth-order valence-corrected chi connectivity index (χ4v) is 4.61. The van der Waals surface area contributed by atoms with E-state index in [1.165, 1.54) is 17.5 Å². The largest absolute Gasteiger partial charge is 0.462 e. The highest BCUT2D eigenvalue weighted by Gasteiger charge is 2.30. The summed E-state index contributed by atoms with van der Waals surface area (Å²) in [5, 5.41) is 1.03. The number of esters is 1. The number of rotatable bonds is 3. The summed E-state index contributed by atoms with van der Waals surface area (Å²) in [7, 11) is 0. The molecular weight excluding hydrogens is 308 g/mol. The fourth-order valence-electron chi connectivity index (χ4n) is 3.61. The molecule has 0 bridgehead atoms. The molecule has 2 aliphatic rings. The number of thiazole rings is 1. The lowest BCUT2D eigenvalue weighted by Gasteiger charge is -2.31. The van der Waals surface area contributed by atoms with Crippen molar-refractivity contribution in [2.75, 3.05) is 18.0 Å². The molecule has 5 heteroatoms. The number of piperidine rings is 1. The minimum atomic E-state index is -0.00337. The van der Waals surface area contributed by atoms with Gasteiger partial charge in [-0.2, -0.15) is 0 Å². The minimum absolute atomic E-state index is 0.00251. The quantitative estimate of drug-likeness (QED) is 0.798. The van der Waals surface area contributed by atoms with Crippen molar-refractivity contribution in [1.29, 1.82) is 0 Å². The van der Waals surface area contributed by atoms with Crippen molar-refractivity contribution >= 4 is 32.7 Å². The van der Waals surface area contributed by atoms with Gasteiger partial charge in [-0.1, -0.05) is 23.5 Å². The van der Waals surface area contributed by atoms with Gasteiger partial charge in [-0.3, -0.25) is 4.79 Å². The molecule has 1 atom stereocenters. The summed E-state index contributed by atoms with van der Waals surface area (Å²) in [5.41, 5.74) is 1.04. The number of para-hydroxylation sites is 1. The fraction of sp³-hybridized carbons (Fsp3) is 0.556. The summed E-state index contributed by atoms with van der Waals surface area (Å²) in [6.45, 7) is 1.72. The topological polar surface area (TPSA) is 42.4 Å². The van der Waals surface area contributed by atoms with Crippen molar-refractivity contribution < 1.29 is 9.53 Å². The Balaban J connectivity index is 1.44. The van der Waals surface area contributed by atoms with Crippen LogP contribution < -0.4 is 4.90 Å². The highest BCUT2D eigenvalue weighted by molar-refractivity contribution is 7.22. The summed E-state index contributed by atoms with van der Waals surface area (Å²) in [6.07, 6.45) is 6.61. The Kier molecular flexibility index (Phi) is 4.21. The highest BCUT2D eigenvalue weighted by atomic mass is 32.1. The van der Waals surface area contributed by atoms with Crippen LogP contribution in [0.15, 0.2) is 24.3 Å². The van der Waals surface area contributed by atoms with Crippen molar-refractivity contribution in [3.8, 4) is 0 Å². The van der Waals surface area contributed by atoms with Gasteiger partial charge < -0.3 is 9.64 Å². The van der Waals surface area contributed by atoms with Gasteiger partial charge in [-0.05, 0) is 50.7 Å². The highest BCUT2D eigenvalue weighted by Crippen LogP contribution is 2.32. The molecule has 122 valence electrons. The van der Waals surface area contributed by atoms with Crippen molar-refractivity contribution in [3.05, 3.63) is 24.3 Å². The van der Waals surface area contributed by atoms with E-state index in [0.717, 1.165) is 49.4 Å². The number of hydrogen-bond donors (Lipinski definition) is 0. The Morgan fingerprint density at radius 1 is 1.17 bits per heavy atom. The van der Waals surface area contributed by atoms with Crippen LogP contribution in [0.1, 0.15) is 38.5 Å². The third kappa shape index (κ3) is 3.20. The second kappa shape index (κ2) is 6.48. The smallest absolute Gasteiger partial charge is 0.311 e. The van der Waals surface area contributed by atoms with E-state index in [1.807, 2.05) is 18.2 Å². The number of carbonyl (C=O) groups excluding carboxylic acids is 1. The van der Waals surface area contributed by atoms with Crippen LogP contribution in [-0.4, -0.2) is 30.1 Å². The first-order valence-electron chi connectivity index (χ1n) is 8.60. The lowest BCUT2D eigenvalue weighted by Crippen LogP contribution is -2.40. The number of nitrogens with zero attached hydrogens (tertiary/aromatic N) is 2. The average molecular weight is 330 g/mol. The van der Waals surface area contributed by atoms with Crippen LogP contribution in [0.2, 0.25) is 0 Å². The third-order valence-electron chi connectivity index (χ3n) is 4.89. The van der Waals surface area contributed by atoms with Gasteiger partial charge in [0.05, 0.1) is 16.1 Å². The average Bonchev–Trinajstić information content (AvgIpc) is 3.24.